The largest absolute Gasteiger partial charge is 0.456 e. The van der Waals surface area contributed by atoms with Gasteiger partial charge in [0.15, 0.2) is 17.5 Å². The molecule has 2 bridgehead atoms. The van der Waals surface area contributed by atoms with Crippen molar-refractivity contribution in [1.82, 2.24) is 5.32 Å². The van der Waals surface area contributed by atoms with Gasteiger partial charge in [-0.3, -0.25) is 9.59 Å². The van der Waals surface area contributed by atoms with Crippen molar-refractivity contribution in [3.05, 3.63) is 47.0 Å². The number of esters is 2. The van der Waals surface area contributed by atoms with Gasteiger partial charge in [0.2, 0.25) is 0 Å². The fourth-order valence-corrected chi connectivity index (χ4v) is 9.29. The second-order valence-corrected chi connectivity index (χ2v) is 16.2. The second kappa shape index (κ2) is 12.7. The molecule has 13 heteroatoms. The molecule has 1 aromatic carbocycles. The molecule has 11 atom stereocenters. The zero-order chi connectivity index (χ0) is 37.4. The molecule has 50 heavy (non-hydrogen) atoms. The smallest absolute Gasteiger partial charge is 0.408 e. The topological polar surface area (TPSA) is 198 Å². The van der Waals surface area contributed by atoms with Gasteiger partial charge in [-0.15, -0.1) is 0 Å². The number of amides is 1. The summed E-state index contributed by atoms with van der Waals surface area (Å²) in [5, 5.41) is 50.3. The molecule has 3 fully saturated rings. The number of benzene rings is 1. The molecule has 0 spiro atoms. The molecule has 3 aliphatic carbocycles. The van der Waals surface area contributed by atoms with Gasteiger partial charge in [0.1, 0.15) is 23.9 Å². The van der Waals surface area contributed by atoms with Crippen LogP contribution in [0.2, 0.25) is 0 Å². The predicted molar refractivity (Wildman–Crippen MR) is 177 cm³/mol. The summed E-state index contributed by atoms with van der Waals surface area (Å²) in [6.07, 6.45) is -8.18. The maximum Gasteiger partial charge on any atom is 0.408 e. The van der Waals surface area contributed by atoms with Crippen molar-refractivity contribution in [1.29, 1.82) is 0 Å². The molecule has 2 saturated carbocycles. The Kier molecular flexibility index (Phi) is 9.62. The first-order chi connectivity index (χ1) is 23.0. The first-order valence-corrected chi connectivity index (χ1v) is 17.1. The summed E-state index contributed by atoms with van der Waals surface area (Å²) in [6.45, 7) is 14.4. The van der Waals surface area contributed by atoms with Crippen LogP contribution in [0.5, 0.6) is 0 Å². The van der Waals surface area contributed by atoms with Gasteiger partial charge >= 0.3 is 18.0 Å². The molecular formula is C37H51NO12. The Bertz CT molecular complexity index is 1570. The average Bonchev–Trinajstić information content (AvgIpc) is 3.01. The lowest BCUT2D eigenvalue weighted by Crippen LogP contribution is -2.79. The normalized spacial score (nSPS) is 37.4. The SMILES string of the molecule is CC(=O)O[C@@]12CO[C@@H]1C[C@H](O)[C@@]1(C)C(=O)[C@H](O)C3=C(C)[C@@H](OC(=O)[C@H](O)C(NC(=O)OC(C)(C)C)c4ccccc4)C[C@@](O)([C@@H](C)[C@H]21)C3(C)C. The van der Waals surface area contributed by atoms with Crippen molar-refractivity contribution in [3.63, 3.8) is 0 Å². The third-order valence-electron chi connectivity index (χ3n) is 11.8. The lowest BCUT2D eigenvalue weighted by Gasteiger charge is -2.68. The first kappa shape index (κ1) is 37.9. The maximum absolute atomic E-state index is 14.5. The molecule has 5 rings (SSSR count). The van der Waals surface area contributed by atoms with E-state index in [0.717, 1.165) is 0 Å². The van der Waals surface area contributed by atoms with E-state index in [1.165, 1.54) is 13.8 Å². The molecule has 1 aromatic rings. The van der Waals surface area contributed by atoms with Gasteiger partial charge in [-0.2, -0.15) is 0 Å². The van der Waals surface area contributed by atoms with Crippen LogP contribution in [0.15, 0.2) is 41.5 Å². The average molecular weight is 702 g/mol. The molecule has 4 aliphatic rings. The summed E-state index contributed by atoms with van der Waals surface area (Å²) < 4.78 is 23.0. The number of carbonyl (C=O) groups excluding carboxylic acids is 4. The van der Waals surface area contributed by atoms with Crippen molar-refractivity contribution < 1.29 is 58.6 Å². The molecule has 0 aromatic heterocycles. The Morgan fingerprint density at radius 1 is 1.08 bits per heavy atom. The van der Waals surface area contributed by atoms with Crippen LogP contribution in [0.3, 0.4) is 0 Å². The Labute approximate surface area is 292 Å². The first-order valence-electron chi connectivity index (χ1n) is 17.1. The van der Waals surface area contributed by atoms with Gasteiger partial charge < -0.3 is 44.7 Å². The zero-order valence-corrected chi connectivity index (χ0v) is 30.2. The number of alkyl carbamates (subject to hydrolysis) is 1. The Balaban J connectivity index is 1.56. The second-order valence-electron chi connectivity index (χ2n) is 16.2. The number of aliphatic hydroxyl groups excluding tert-OH is 3. The number of ketones is 1. The number of nitrogens with one attached hydrogen (secondary N) is 1. The Hall–Kier alpha value is -3.36. The van der Waals surface area contributed by atoms with E-state index in [0.29, 0.717) is 11.1 Å². The molecule has 13 nitrogen and oxygen atoms in total. The van der Waals surface area contributed by atoms with Crippen LogP contribution in [-0.4, -0.2) is 98.2 Å². The van der Waals surface area contributed by atoms with Crippen LogP contribution in [0, 0.1) is 22.7 Å². The van der Waals surface area contributed by atoms with Crippen LogP contribution in [-0.2, 0) is 33.3 Å². The van der Waals surface area contributed by atoms with E-state index < -0.39 is 99.8 Å². The highest BCUT2D eigenvalue weighted by Gasteiger charge is 2.75. The van der Waals surface area contributed by atoms with Crippen molar-refractivity contribution in [2.45, 2.75) is 129 Å². The molecule has 276 valence electrons. The lowest BCUT2D eigenvalue weighted by molar-refractivity contribution is -0.338. The van der Waals surface area contributed by atoms with Gasteiger partial charge in [-0.25, -0.2) is 9.59 Å². The van der Waals surface area contributed by atoms with E-state index >= 15 is 0 Å². The molecule has 1 heterocycles. The predicted octanol–water partition coefficient (Wildman–Crippen LogP) is 2.67. The summed E-state index contributed by atoms with van der Waals surface area (Å²) in [6, 6.07) is 7.03. The minimum atomic E-state index is -1.93. The third kappa shape index (κ3) is 5.84. The number of rotatable bonds is 6. The number of aliphatic hydroxyl groups is 4. The molecule has 1 unspecified atom stereocenters. The molecule has 1 saturated heterocycles. The number of hydrogen-bond acceptors (Lipinski definition) is 12. The monoisotopic (exact) mass is 701 g/mol. The van der Waals surface area contributed by atoms with Crippen molar-refractivity contribution in [3.8, 4) is 0 Å². The van der Waals surface area contributed by atoms with Gasteiger partial charge in [0.05, 0.1) is 29.8 Å². The van der Waals surface area contributed by atoms with Gasteiger partial charge in [-0.05, 0) is 57.2 Å². The number of ether oxygens (including phenoxy) is 4. The standard InChI is InChI=1S/C37H51NO12/c1-18-22(48-31(44)28(42)26(21-13-11-10-12-14-21)38-32(45)50-33(4,5)6)16-37(46)19(2)29-35(9,30(43)27(41)25(18)34(37,7)8)23(40)15-24-36(29,17-47-24)49-20(3)39/h10-14,19,22-24,26-29,40-42,46H,15-17H2,1-9H3,(H,38,45)/t19-,22-,23-,24+,26?,27+,28+,29-,35+,36-,37+/m0/s1. The quantitative estimate of drug-likeness (QED) is 0.165. The highest BCUT2D eigenvalue weighted by Crippen LogP contribution is 2.65. The molecule has 5 N–H and O–H groups in total. The van der Waals surface area contributed by atoms with Crippen molar-refractivity contribution in [2.24, 2.45) is 22.7 Å². The van der Waals surface area contributed by atoms with Gasteiger partial charge in [-0.1, -0.05) is 51.1 Å². The number of fused-ring (bicyclic) bond motifs is 5. The highest BCUT2D eigenvalue weighted by molar-refractivity contribution is 5.93. The van der Waals surface area contributed by atoms with E-state index in [4.69, 9.17) is 18.9 Å². The molecule has 0 radical (unpaired) electrons. The van der Waals surface area contributed by atoms with E-state index in [9.17, 15) is 39.6 Å². The van der Waals surface area contributed by atoms with Crippen LogP contribution in [0.1, 0.15) is 86.8 Å². The number of Topliss-reactive ketones (excluding diaryl/α,β-unsaturated/α-hetero) is 1. The minimum Gasteiger partial charge on any atom is -0.456 e. The summed E-state index contributed by atoms with van der Waals surface area (Å²) in [5.41, 5.74) is -6.21. The van der Waals surface area contributed by atoms with Crippen LogP contribution >= 0.6 is 0 Å². The van der Waals surface area contributed by atoms with Crippen LogP contribution in [0.4, 0.5) is 4.79 Å². The van der Waals surface area contributed by atoms with Gasteiger partial charge in [0.25, 0.3) is 0 Å². The van der Waals surface area contributed by atoms with Gasteiger partial charge in [0, 0.05) is 31.1 Å². The summed E-state index contributed by atoms with van der Waals surface area (Å²) in [5.74, 6) is -4.40. The highest BCUT2D eigenvalue weighted by atomic mass is 16.6. The van der Waals surface area contributed by atoms with E-state index in [-0.39, 0.29) is 25.0 Å². The fraction of sp³-hybridized carbons (Fsp3) is 0.676. The Morgan fingerprint density at radius 3 is 2.24 bits per heavy atom. The van der Waals surface area contributed by atoms with Crippen molar-refractivity contribution in [2.75, 3.05) is 6.61 Å². The van der Waals surface area contributed by atoms with Crippen LogP contribution in [0.25, 0.3) is 0 Å². The van der Waals surface area contributed by atoms with E-state index in [1.54, 1.807) is 78.8 Å². The number of carbonyl (C=O) groups is 4. The summed E-state index contributed by atoms with van der Waals surface area (Å²) in [7, 11) is 0. The lowest BCUT2D eigenvalue weighted by atomic mass is 9.42. The van der Waals surface area contributed by atoms with E-state index in [2.05, 4.69) is 5.32 Å². The zero-order valence-electron chi connectivity index (χ0n) is 30.2. The summed E-state index contributed by atoms with van der Waals surface area (Å²) >= 11 is 0. The van der Waals surface area contributed by atoms with Crippen LogP contribution < -0.4 is 5.32 Å². The minimum absolute atomic E-state index is 0.0245. The molecular weight excluding hydrogens is 650 g/mol. The van der Waals surface area contributed by atoms with E-state index in [1.807, 2.05) is 0 Å². The third-order valence-corrected chi connectivity index (χ3v) is 11.8. The summed E-state index contributed by atoms with van der Waals surface area (Å²) in [4.78, 5) is 53.6. The van der Waals surface area contributed by atoms with Crippen molar-refractivity contribution >= 4 is 23.8 Å². The Morgan fingerprint density at radius 2 is 1.70 bits per heavy atom. The molecule has 1 amide bonds. The number of hydrogen-bond donors (Lipinski definition) is 5. The fourth-order valence-electron chi connectivity index (χ4n) is 9.29. The molecule has 1 aliphatic heterocycles. The maximum atomic E-state index is 14.5.